The predicted molar refractivity (Wildman–Crippen MR) is 74.3 cm³/mol. The lowest BCUT2D eigenvalue weighted by atomic mass is 9.92. The Morgan fingerprint density at radius 2 is 1.70 bits per heavy atom. The molecule has 1 heterocycles. The average molecular weight is 268 g/mol. The van der Waals surface area contributed by atoms with Crippen LogP contribution in [0.2, 0.25) is 0 Å². The number of benzene rings is 2. The molecule has 0 aromatic heterocycles. The summed E-state index contributed by atoms with van der Waals surface area (Å²) in [4.78, 5) is 11.8. The van der Waals surface area contributed by atoms with Crippen molar-refractivity contribution in [1.29, 1.82) is 0 Å². The normalized spacial score (nSPS) is 18.4. The molecule has 0 aliphatic carbocycles. The summed E-state index contributed by atoms with van der Waals surface area (Å²) in [7, 11) is 0. The van der Waals surface area contributed by atoms with Crippen LogP contribution in [-0.2, 0) is 9.53 Å². The number of esters is 1. The molecule has 1 aliphatic heterocycles. The van der Waals surface area contributed by atoms with E-state index in [9.17, 15) is 9.18 Å². The van der Waals surface area contributed by atoms with E-state index < -0.39 is 0 Å². The van der Waals surface area contributed by atoms with Crippen LogP contribution in [-0.4, -0.2) is 5.97 Å². The van der Waals surface area contributed by atoms with Crippen LogP contribution in [0.25, 0.3) is 5.76 Å². The number of halogens is 1. The van der Waals surface area contributed by atoms with Crippen molar-refractivity contribution < 1.29 is 13.9 Å². The van der Waals surface area contributed by atoms with Gasteiger partial charge in [0, 0.05) is 11.5 Å². The highest BCUT2D eigenvalue weighted by atomic mass is 19.1. The summed E-state index contributed by atoms with van der Waals surface area (Å²) in [5.74, 6) is -0.0793. The van der Waals surface area contributed by atoms with Gasteiger partial charge >= 0.3 is 5.97 Å². The van der Waals surface area contributed by atoms with E-state index in [4.69, 9.17) is 4.74 Å². The highest BCUT2D eigenvalue weighted by molar-refractivity contribution is 5.82. The second-order valence-corrected chi connectivity index (χ2v) is 4.73. The largest absolute Gasteiger partial charge is 0.426 e. The smallest absolute Gasteiger partial charge is 0.312 e. The van der Waals surface area contributed by atoms with E-state index in [0.717, 1.165) is 5.56 Å². The number of hydrogen-bond donors (Lipinski definition) is 0. The monoisotopic (exact) mass is 268 g/mol. The van der Waals surface area contributed by atoms with E-state index >= 15 is 0 Å². The Morgan fingerprint density at radius 1 is 1.00 bits per heavy atom. The molecule has 2 aromatic rings. The Morgan fingerprint density at radius 3 is 2.40 bits per heavy atom. The van der Waals surface area contributed by atoms with Crippen molar-refractivity contribution in [3.8, 4) is 0 Å². The first-order valence-electron chi connectivity index (χ1n) is 6.46. The summed E-state index contributed by atoms with van der Waals surface area (Å²) in [6.45, 7) is 0. The summed E-state index contributed by atoms with van der Waals surface area (Å²) in [5, 5.41) is 0. The number of ether oxygens (including phenoxy) is 1. The zero-order valence-electron chi connectivity index (χ0n) is 10.8. The molecule has 3 heteroatoms. The molecule has 0 saturated carbocycles. The zero-order chi connectivity index (χ0) is 13.9. The van der Waals surface area contributed by atoms with Crippen LogP contribution in [0, 0.1) is 5.82 Å². The minimum absolute atomic E-state index is 0.00231. The first kappa shape index (κ1) is 12.6. The summed E-state index contributed by atoms with van der Waals surface area (Å²) in [6.07, 6.45) is 2.25. The van der Waals surface area contributed by atoms with Crippen LogP contribution in [0.5, 0.6) is 0 Å². The SMILES string of the molecule is O=C1CC(c2ccccc2)C=C(c2ccc(F)cc2)O1. The molecular formula is C17H13FO2. The van der Waals surface area contributed by atoms with Gasteiger partial charge in [-0.05, 0) is 35.9 Å². The van der Waals surface area contributed by atoms with Gasteiger partial charge in [0.1, 0.15) is 11.6 Å². The number of carbonyl (C=O) groups excluding carboxylic acids is 1. The highest BCUT2D eigenvalue weighted by Gasteiger charge is 2.23. The fraction of sp³-hybridized carbons (Fsp3) is 0.118. The van der Waals surface area contributed by atoms with Gasteiger partial charge in [0.25, 0.3) is 0 Å². The van der Waals surface area contributed by atoms with E-state index in [0.29, 0.717) is 17.7 Å². The van der Waals surface area contributed by atoms with Gasteiger partial charge < -0.3 is 4.74 Å². The van der Waals surface area contributed by atoms with Crippen LogP contribution in [0.1, 0.15) is 23.5 Å². The van der Waals surface area contributed by atoms with Crippen LogP contribution in [0.4, 0.5) is 4.39 Å². The maximum atomic E-state index is 12.9. The Balaban J connectivity index is 1.96. The van der Waals surface area contributed by atoms with Crippen molar-refractivity contribution in [3.63, 3.8) is 0 Å². The van der Waals surface area contributed by atoms with Crippen molar-refractivity contribution in [2.45, 2.75) is 12.3 Å². The maximum Gasteiger partial charge on any atom is 0.312 e. The van der Waals surface area contributed by atoms with Gasteiger partial charge in [0.05, 0.1) is 6.42 Å². The number of hydrogen-bond acceptors (Lipinski definition) is 2. The van der Waals surface area contributed by atoms with Crippen LogP contribution >= 0.6 is 0 Å². The van der Waals surface area contributed by atoms with Crippen LogP contribution in [0.15, 0.2) is 60.7 Å². The number of cyclic esters (lactones) is 1. The van der Waals surface area contributed by atoms with Gasteiger partial charge in [0.15, 0.2) is 0 Å². The van der Waals surface area contributed by atoms with Crippen molar-refractivity contribution in [2.24, 2.45) is 0 Å². The Labute approximate surface area is 116 Å². The Bertz CT molecular complexity index is 644. The Kier molecular flexibility index (Phi) is 3.33. The molecule has 0 amide bonds. The molecule has 3 rings (SSSR count). The molecule has 2 nitrogen and oxygen atoms in total. The molecule has 0 saturated heterocycles. The molecule has 100 valence electrons. The fourth-order valence-corrected chi connectivity index (χ4v) is 2.30. The third-order valence-electron chi connectivity index (χ3n) is 3.32. The van der Waals surface area contributed by atoms with Crippen molar-refractivity contribution in [2.75, 3.05) is 0 Å². The van der Waals surface area contributed by atoms with E-state index in [1.54, 1.807) is 12.1 Å². The van der Waals surface area contributed by atoms with Gasteiger partial charge in [-0.2, -0.15) is 0 Å². The van der Waals surface area contributed by atoms with E-state index in [2.05, 4.69) is 0 Å². The lowest BCUT2D eigenvalue weighted by Crippen LogP contribution is -2.15. The molecule has 1 atom stereocenters. The third-order valence-corrected chi connectivity index (χ3v) is 3.32. The lowest BCUT2D eigenvalue weighted by molar-refractivity contribution is -0.137. The van der Waals surface area contributed by atoms with Gasteiger partial charge in [0.2, 0.25) is 0 Å². The van der Waals surface area contributed by atoms with Gasteiger partial charge in [-0.25, -0.2) is 4.39 Å². The second kappa shape index (κ2) is 5.29. The minimum atomic E-state index is -0.309. The van der Waals surface area contributed by atoms with Crippen molar-refractivity contribution in [3.05, 3.63) is 77.6 Å². The summed E-state index contributed by atoms with van der Waals surface area (Å²) < 4.78 is 18.2. The van der Waals surface area contributed by atoms with Crippen LogP contribution < -0.4 is 0 Å². The predicted octanol–water partition coefficient (Wildman–Crippen LogP) is 3.90. The molecule has 0 radical (unpaired) electrons. The highest BCUT2D eigenvalue weighted by Crippen LogP contribution is 2.32. The molecule has 1 aliphatic rings. The average Bonchev–Trinajstić information content (AvgIpc) is 2.48. The Hall–Kier alpha value is -2.42. The zero-order valence-corrected chi connectivity index (χ0v) is 10.8. The van der Waals surface area contributed by atoms with Gasteiger partial charge in [-0.15, -0.1) is 0 Å². The van der Waals surface area contributed by atoms with Gasteiger partial charge in [-0.3, -0.25) is 4.79 Å². The summed E-state index contributed by atoms with van der Waals surface area (Å²) in [5.41, 5.74) is 1.78. The first-order chi connectivity index (χ1) is 9.72. The van der Waals surface area contributed by atoms with E-state index in [1.807, 2.05) is 36.4 Å². The number of rotatable bonds is 2. The molecule has 20 heavy (non-hydrogen) atoms. The molecule has 1 unspecified atom stereocenters. The molecule has 2 aromatic carbocycles. The molecule has 0 fully saturated rings. The molecular weight excluding hydrogens is 255 g/mol. The van der Waals surface area contributed by atoms with E-state index in [-0.39, 0.29) is 17.7 Å². The quantitative estimate of drug-likeness (QED) is 0.772. The minimum Gasteiger partial charge on any atom is -0.426 e. The maximum absolute atomic E-state index is 12.9. The molecule has 0 N–H and O–H groups in total. The van der Waals surface area contributed by atoms with Gasteiger partial charge in [-0.1, -0.05) is 30.3 Å². The van der Waals surface area contributed by atoms with E-state index in [1.165, 1.54) is 12.1 Å². The summed E-state index contributed by atoms with van der Waals surface area (Å²) in [6, 6.07) is 15.7. The number of carbonyl (C=O) groups is 1. The summed E-state index contributed by atoms with van der Waals surface area (Å²) >= 11 is 0. The van der Waals surface area contributed by atoms with Crippen molar-refractivity contribution in [1.82, 2.24) is 0 Å². The number of allylic oxidation sites excluding steroid dienone is 1. The fourth-order valence-electron chi connectivity index (χ4n) is 2.30. The second-order valence-electron chi connectivity index (χ2n) is 4.73. The van der Waals surface area contributed by atoms with Crippen LogP contribution in [0.3, 0.4) is 0 Å². The standard InChI is InChI=1S/C17H13FO2/c18-15-8-6-13(7-9-15)16-10-14(11-17(19)20-16)12-4-2-1-3-5-12/h1-10,14H,11H2. The third kappa shape index (κ3) is 2.62. The first-order valence-corrected chi connectivity index (χ1v) is 6.46. The van der Waals surface area contributed by atoms with Crippen molar-refractivity contribution >= 4 is 11.7 Å². The lowest BCUT2D eigenvalue weighted by Gasteiger charge is -2.21. The molecule has 0 spiro atoms. The topological polar surface area (TPSA) is 26.3 Å². The molecule has 0 bridgehead atoms.